The third-order valence-corrected chi connectivity index (χ3v) is 8.56. The van der Waals surface area contributed by atoms with Gasteiger partial charge >= 0.3 is 6.03 Å². The predicted octanol–water partition coefficient (Wildman–Crippen LogP) is 3.30. The van der Waals surface area contributed by atoms with Gasteiger partial charge in [0.2, 0.25) is 17.7 Å². The van der Waals surface area contributed by atoms with Crippen molar-refractivity contribution >= 4 is 23.8 Å². The molecule has 0 aromatic heterocycles. The number of ether oxygens (including phenoxy) is 5. The number of morpholine rings is 1. The van der Waals surface area contributed by atoms with Crippen molar-refractivity contribution in [2.75, 3.05) is 79.2 Å². The summed E-state index contributed by atoms with van der Waals surface area (Å²) in [5.74, 6) is 0.872. The number of nitrogens with zero attached hydrogens (tertiary/aromatic N) is 2. The first-order valence-corrected chi connectivity index (χ1v) is 20.2. The fourth-order valence-corrected chi connectivity index (χ4v) is 5.70. The van der Waals surface area contributed by atoms with Crippen molar-refractivity contribution in [3.8, 4) is 0 Å². The molecule has 0 aromatic rings. The van der Waals surface area contributed by atoms with Crippen LogP contribution in [0.25, 0.3) is 0 Å². The van der Waals surface area contributed by atoms with Crippen LogP contribution < -0.4 is 21.3 Å². The molecule has 5 aliphatic heterocycles. The maximum Gasteiger partial charge on any atom is 0.319 e. The van der Waals surface area contributed by atoms with Crippen molar-refractivity contribution in [1.29, 1.82) is 0 Å². The molecule has 3 atom stereocenters. The number of amides is 5. The summed E-state index contributed by atoms with van der Waals surface area (Å²) in [6, 6.07) is 1.56. The van der Waals surface area contributed by atoms with E-state index in [1.54, 1.807) is 4.90 Å². The van der Waals surface area contributed by atoms with E-state index in [0.717, 1.165) is 78.4 Å². The molecule has 5 rings (SSSR count). The van der Waals surface area contributed by atoms with Crippen molar-refractivity contribution in [1.82, 2.24) is 31.1 Å². The van der Waals surface area contributed by atoms with Gasteiger partial charge in [-0.05, 0) is 101 Å². The molecular weight excluding hydrogens is 696 g/mol. The number of rotatable bonds is 9. The summed E-state index contributed by atoms with van der Waals surface area (Å²) in [7, 11) is 0. The first kappa shape index (κ1) is 49.5. The molecule has 316 valence electrons. The van der Waals surface area contributed by atoms with Crippen LogP contribution in [0.2, 0.25) is 0 Å². The molecule has 5 saturated heterocycles. The molecule has 15 nitrogen and oxygen atoms in total. The van der Waals surface area contributed by atoms with E-state index < -0.39 is 0 Å². The van der Waals surface area contributed by atoms with Gasteiger partial charge in [-0.25, -0.2) is 4.79 Å². The lowest BCUT2D eigenvalue weighted by Crippen LogP contribution is -2.41. The molecule has 4 N–H and O–H groups in total. The minimum Gasteiger partial charge on any atom is -0.381 e. The molecule has 15 heteroatoms. The van der Waals surface area contributed by atoms with E-state index in [1.165, 1.54) is 0 Å². The Morgan fingerprint density at radius 3 is 1.61 bits per heavy atom. The van der Waals surface area contributed by atoms with Crippen molar-refractivity contribution in [2.45, 2.75) is 138 Å². The highest BCUT2D eigenvalue weighted by Crippen LogP contribution is 2.16. The number of hydrogen-bond acceptors (Lipinski definition) is 10. The predicted molar refractivity (Wildman–Crippen MR) is 210 cm³/mol. The fourth-order valence-electron chi connectivity index (χ4n) is 5.70. The molecule has 0 radical (unpaired) electrons. The van der Waals surface area contributed by atoms with E-state index in [0.29, 0.717) is 44.9 Å². The Morgan fingerprint density at radius 2 is 1.17 bits per heavy atom. The van der Waals surface area contributed by atoms with Gasteiger partial charge in [-0.2, -0.15) is 0 Å². The molecule has 0 aliphatic carbocycles. The van der Waals surface area contributed by atoms with Crippen LogP contribution in [0, 0.1) is 11.8 Å². The average Bonchev–Trinajstić information content (AvgIpc) is 3.94. The zero-order chi connectivity index (χ0) is 40.5. The molecule has 3 unspecified atom stereocenters. The molecule has 54 heavy (non-hydrogen) atoms. The van der Waals surface area contributed by atoms with Gasteiger partial charge in [0.05, 0.1) is 32.3 Å². The van der Waals surface area contributed by atoms with E-state index in [4.69, 9.17) is 23.7 Å². The summed E-state index contributed by atoms with van der Waals surface area (Å²) in [6.45, 7) is 29.6. The molecular formula is C39H76N6O9. The Bertz CT molecular complexity index is 935. The second-order valence-electron chi connectivity index (χ2n) is 15.7. The van der Waals surface area contributed by atoms with Crippen LogP contribution in [0.1, 0.15) is 101 Å². The monoisotopic (exact) mass is 773 g/mol. The van der Waals surface area contributed by atoms with Crippen LogP contribution >= 0.6 is 0 Å². The molecule has 5 amide bonds. The summed E-state index contributed by atoms with van der Waals surface area (Å²) >= 11 is 0. The molecule has 5 heterocycles. The lowest BCUT2D eigenvalue weighted by atomic mass is 10.0. The molecule has 0 bridgehead atoms. The highest BCUT2D eigenvalue weighted by molar-refractivity contribution is 5.81. The number of nitrogens with one attached hydrogen (secondary N) is 4. The SMILES string of the molecule is CC(C)N1CCOCC1.CC(C)NC(=O)C1CCCO1.CC(C)NC(=O)C1CCOC1.CC(C)NC(=O)CC1CCOC1.CC(C)NC(=O)N1CCOC1. The lowest BCUT2D eigenvalue weighted by Gasteiger charge is -2.29. The standard InChI is InChI=1S/C9H17NO2.2C8H15NO2.C7H14N2O2.C7H15NO/c1-7(2)10-9(11)5-8-3-4-12-6-8;1-6(2)9-8(10)7-3-4-11-5-7;1-6(2)9-8(10)7-4-3-5-11-7;1-6(2)8-7(10)9-3-4-11-5-9;1-7(2)8-3-5-9-6-4-8/h7-8H,3-6H2,1-2H3,(H,10,11);2*6-7H,3-5H2,1-2H3,(H,9,10);6H,3-5H2,1-2H3,(H,8,10);7H,3-6H2,1-2H3. The van der Waals surface area contributed by atoms with E-state index in [-0.39, 0.29) is 59.9 Å². The Labute approximate surface area is 326 Å². The smallest absolute Gasteiger partial charge is 0.319 e. The van der Waals surface area contributed by atoms with Gasteiger partial charge in [0.1, 0.15) is 12.8 Å². The number of carbonyl (C=O) groups is 4. The minimum absolute atomic E-state index is 0.0301. The van der Waals surface area contributed by atoms with E-state index >= 15 is 0 Å². The van der Waals surface area contributed by atoms with E-state index in [9.17, 15) is 19.2 Å². The second-order valence-corrected chi connectivity index (χ2v) is 15.7. The second kappa shape index (κ2) is 28.8. The molecule has 0 saturated carbocycles. The summed E-state index contributed by atoms with van der Waals surface area (Å²) in [5, 5.41) is 11.4. The van der Waals surface area contributed by atoms with Crippen molar-refractivity contribution in [3.05, 3.63) is 0 Å². The Hall–Kier alpha value is -2.56. The summed E-state index contributed by atoms with van der Waals surface area (Å²) in [4.78, 5) is 49.0. The summed E-state index contributed by atoms with van der Waals surface area (Å²) in [5.41, 5.74) is 0. The number of carbonyl (C=O) groups excluding carboxylic acids is 4. The summed E-state index contributed by atoms with van der Waals surface area (Å²) in [6.07, 6.45) is 4.23. The van der Waals surface area contributed by atoms with Crippen LogP contribution in [-0.4, -0.2) is 149 Å². The van der Waals surface area contributed by atoms with E-state index in [1.807, 2.05) is 55.4 Å². The average molecular weight is 773 g/mol. The van der Waals surface area contributed by atoms with Crippen molar-refractivity contribution in [2.24, 2.45) is 11.8 Å². The van der Waals surface area contributed by atoms with Gasteiger partial charge in [0.15, 0.2) is 0 Å². The highest BCUT2D eigenvalue weighted by Gasteiger charge is 2.24. The topological polar surface area (TPSA) is 169 Å². The third kappa shape index (κ3) is 24.1. The molecule has 0 aromatic carbocycles. The largest absolute Gasteiger partial charge is 0.381 e. The van der Waals surface area contributed by atoms with Gasteiger partial charge in [-0.1, -0.05) is 0 Å². The number of hydrogen-bond donors (Lipinski definition) is 4. The van der Waals surface area contributed by atoms with E-state index in [2.05, 4.69) is 40.0 Å². The van der Waals surface area contributed by atoms with Crippen molar-refractivity contribution in [3.63, 3.8) is 0 Å². The van der Waals surface area contributed by atoms with Gasteiger partial charge in [0.25, 0.3) is 0 Å². The van der Waals surface area contributed by atoms with Crippen LogP contribution in [0.3, 0.4) is 0 Å². The van der Waals surface area contributed by atoms with Gasteiger partial charge in [-0.15, -0.1) is 0 Å². The van der Waals surface area contributed by atoms with Crippen molar-refractivity contribution < 1.29 is 42.9 Å². The minimum atomic E-state index is -0.183. The Morgan fingerprint density at radius 1 is 0.593 bits per heavy atom. The number of urea groups is 1. The van der Waals surface area contributed by atoms with Crippen LogP contribution in [0.5, 0.6) is 0 Å². The quantitative estimate of drug-likeness (QED) is 0.273. The molecule has 5 aliphatic rings. The third-order valence-electron chi connectivity index (χ3n) is 8.56. The zero-order valence-corrected chi connectivity index (χ0v) is 35.2. The zero-order valence-electron chi connectivity index (χ0n) is 35.2. The van der Waals surface area contributed by atoms with Gasteiger partial charge in [-0.3, -0.25) is 24.2 Å². The molecule has 0 spiro atoms. The molecule has 5 fully saturated rings. The lowest BCUT2D eigenvalue weighted by molar-refractivity contribution is -0.130. The first-order chi connectivity index (χ1) is 25.6. The Balaban J connectivity index is 0.000000338. The van der Waals surface area contributed by atoms with Gasteiger partial charge in [0, 0.05) is 82.7 Å². The maximum atomic E-state index is 11.3. The fraction of sp³-hybridized carbons (Fsp3) is 0.897. The van der Waals surface area contributed by atoms with Crippen LogP contribution in [0.4, 0.5) is 4.79 Å². The maximum absolute atomic E-state index is 11.3. The van der Waals surface area contributed by atoms with Crippen LogP contribution in [-0.2, 0) is 38.1 Å². The Kier molecular flexibility index (Phi) is 26.4. The van der Waals surface area contributed by atoms with Crippen LogP contribution in [0.15, 0.2) is 0 Å². The highest BCUT2D eigenvalue weighted by atomic mass is 16.5. The normalized spacial score (nSPS) is 22.4. The summed E-state index contributed by atoms with van der Waals surface area (Å²) < 4.78 is 25.7. The first-order valence-electron chi connectivity index (χ1n) is 20.2. The van der Waals surface area contributed by atoms with Gasteiger partial charge < -0.3 is 45.0 Å².